The summed E-state index contributed by atoms with van der Waals surface area (Å²) in [5, 5.41) is 17.9. The van der Waals surface area contributed by atoms with Crippen LogP contribution in [0.25, 0.3) is 5.57 Å². The Kier molecular flexibility index (Phi) is 3.86. The third kappa shape index (κ3) is 2.56. The number of rotatable bonds is 2. The molecule has 0 amide bonds. The normalized spacial score (nSPS) is 26.0. The molecule has 1 aliphatic rings. The molecule has 3 nitrogen and oxygen atoms in total. The van der Waals surface area contributed by atoms with Crippen LogP contribution in [0.4, 0.5) is 13.2 Å². The largest absolute Gasteiger partial charge is 0.481 e. The summed E-state index contributed by atoms with van der Waals surface area (Å²) in [4.78, 5) is 11.1. The van der Waals surface area contributed by atoms with E-state index in [1.165, 1.54) is 0 Å². The van der Waals surface area contributed by atoms with Gasteiger partial charge in [-0.25, -0.2) is 0 Å². The van der Waals surface area contributed by atoms with Crippen LogP contribution in [-0.2, 0) is 4.79 Å². The van der Waals surface area contributed by atoms with Gasteiger partial charge < -0.3 is 10.2 Å². The van der Waals surface area contributed by atoms with Gasteiger partial charge >= 0.3 is 12.1 Å². The zero-order chi connectivity index (χ0) is 15.8. The van der Waals surface area contributed by atoms with E-state index in [0.29, 0.717) is 5.56 Å². The van der Waals surface area contributed by atoms with E-state index in [9.17, 15) is 23.1 Å². The van der Waals surface area contributed by atoms with Crippen molar-refractivity contribution in [3.8, 4) is 0 Å². The van der Waals surface area contributed by atoms with Crippen LogP contribution < -0.4 is 0 Å². The van der Waals surface area contributed by atoms with Crippen molar-refractivity contribution in [3.05, 3.63) is 53.1 Å². The lowest BCUT2D eigenvalue weighted by Gasteiger charge is -2.36. The van der Waals surface area contributed by atoms with Crippen LogP contribution >= 0.6 is 11.6 Å². The molecule has 2 N–H and O–H groups in total. The molecule has 0 saturated carbocycles. The number of carboxylic acids is 1. The van der Waals surface area contributed by atoms with Crippen LogP contribution in [0.2, 0.25) is 0 Å². The average Bonchev–Trinajstić information content (AvgIpc) is 2.41. The Labute approximate surface area is 123 Å². The monoisotopic (exact) mass is 318 g/mol. The highest BCUT2D eigenvalue weighted by Crippen LogP contribution is 2.48. The number of carboxylic acid groups (broad SMARTS) is 1. The van der Waals surface area contributed by atoms with Crippen LogP contribution in [0.3, 0.4) is 0 Å². The standard InChI is InChI=1S/C14H10ClF3O3/c15-11-7-9(8-4-2-1-3-5-8)6-10(12(19)20)13(11,21)14(16,17)18/h1-7,10,21H,(H,19,20). The van der Waals surface area contributed by atoms with Crippen molar-refractivity contribution < 1.29 is 28.2 Å². The molecule has 0 aromatic heterocycles. The number of halogens is 4. The lowest BCUT2D eigenvalue weighted by Crippen LogP contribution is -2.54. The van der Waals surface area contributed by atoms with Gasteiger partial charge in [0, 0.05) is 0 Å². The van der Waals surface area contributed by atoms with E-state index in [4.69, 9.17) is 16.7 Å². The number of alkyl halides is 3. The van der Waals surface area contributed by atoms with E-state index < -0.39 is 28.7 Å². The summed E-state index contributed by atoms with van der Waals surface area (Å²) in [5.41, 5.74) is -2.91. The number of hydrogen-bond acceptors (Lipinski definition) is 2. The van der Waals surface area contributed by atoms with Gasteiger partial charge in [0.25, 0.3) is 0 Å². The van der Waals surface area contributed by atoms with Crippen molar-refractivity contribution in [2.45, 2.75) is 11.8 Å². The molecule has 112 valence electrons. The first-order chi connectivity index (χ1) is 9.68. The number of aliphatic hydroxyl groups is 1. The summed E-state index contributed by atoms with van der Waals surface area (Å²) in [6.07, 6.45) is -3.41. The lowest BCUT2D eigenvalue weighted by atomic mass is 9.79. The van der Waals surface area contributed by atoms with Gasteiger partial charge in [0.15, 0.2) is 0 Å². The second-order valence-corrected chi connectivity index (χ2v) is 4.97. The van der Waals surface area contributed by atoms with E-state index in [0.717, 1.165) is 12.2 Å². The van der Waals surface area contributed by atoms with E-state index in [1.807, 2.05) is 0 Å². The molecule has 2 atom stereocenters. The number of benzene rings is 1. The van der Waals surface area contributed by atoms with Crippen LogP contribution in [0.5, 0.6) is 0 Å². The molecule has 0 fully saturated rings. The van der Waals surface area contributed by atoms with E-state index in [2.05, 4.69) is 0 Å². The van der Waals surface area contributed by atoms with Gasteiger partial charge in [-0.3, -0.25) is 4.79 Å². The quantitative estimate of drug-likeness (QED) is 0.880. The molecule has 2 rings (SSSR count). The molecule has 0 heterocycles. The highest BCUT2D eigenvalue weighted by Gasteiger charge is 2.63. The molecule has 2 unspecified atom stereocenters. The Balaban J connectivity index is 2.58. The minimum atomic E-state index is -5.21. The van der Waals surface area contributed by atoms with Crippen molar-refractivity contribution in [2.24, 2.45) is 5.92 Å². The van der Waals surface area contributed by atoms with Crippen LogP contribution in [0.1, 0.15) is 5.56 Å². The number of allylic oxidation sites excluding steroid dienone is 2. The minimum absolute atomic E-state index is 0.210. The van der Waals surface area contributed by atoms with E-state index in [1.54, 1.807) is 30.3 Å². The maximum Gasteiger partial charge on any atom is 0.423 e. The summed E-state index contributed by atoms with van der Waals surface area (Å²) >= 11 is 5.58. The third-order valence-electron chi connectivity index (χ3n) is 3.25. The number of aliphatic carboxylic acids is 1. The fourth-order valence-electron chi connectivity index (χ4n) is 2.12. The molecule has 0 aliphatic heterocycles. The molecule has 1 aromatic carbocycles. The number of hydrogen-bond donors (Lipinski definition) is 2. The van der Waals surface area contributed by atoms with Gasteiger partial charge in [-0.2, -0.15) is 13.2 Å². The Bertz CT molecular complexity index is 622. The average molecular weight is 319 g/mol. The molecule has 21 heavy (non-hydrogen) atoms. The summed E-state index contributed by atoms with van der Waals surface area (Å²) in [5.74, 6) is -4.03. The van der Waals surface area contributed by atoms with Crippen LogP contribution in [-0.4, -0.2) is 28.0 Å². The van der Waals surface area contributed by atoms with E-state index >= 15 is 0 Å². The molecule has 0 spiro atoms. The van der Waals surface area contributed by atoms with Gasteiger partial charge in [0.2, 0.25) is 5.60 Å². The minimum Gasteiger partial charge on any atom is -0.481 e. The van der Waals surface area contributed by atoms with Crippen LogP contribution in [0, 0.1) is 5.92 Å². The fraction of sp³-hybridized carbons (Fsp3) is 0.214. The molecular formula is C14H10ClF3O3. The zero-order valence-corrected chi connectivity index (χ0v) is 11.2. The molecule has 1 aromatic rings. The topological polar surface area (TPSA) is 57.5 Å². The first-order valence-electron chi connectivity index (χ1n) is 5.84. The van der Waals surface area contributed by atoms with Gasteiger partial charge in [-0.1, -0.05) is 48.0 Å². The van der Waals surface area contributed by atoms with E-state index in [-0.39, 0.29) is 5.57 Å². The second-order valence-electron chi connectivity index (χ2n) is 4.56. The first kappa shape index (κ1) is 15.6. The Hall–Kier alpha value is -1.79. The zero-order valence-electron chi connectivity index (χ0n) is 10.4. The molecule has 0 saturated heterocycles. The van der Waals surface area contributed by atoms with Gasteiger partial charge in [0.05, 0.1) is 5.03 Å². The predicted molar refractivity (Wildman–Crippen MR) is 70.5 cm³/mol. The summed E-state index contributed by atoms with van der Waals surface area (Å²) in [6.45, 7) is 0. The summed E-state index contributed by atoms with van der Waals surface area (Å²) < 4.78 is 39.1. The smallest absolute Gasteiger partial charge is 0.423 e. The Morgan fingerprint density at radius 3 is 2.29 bits per heavy atom. The van der Waals surface area contributed by atoms with Crippen molar-refractivity contribution in [2.75, 3.05) is 0 Å². The van der Waals surface area contributed by atoms with Gasteiger partial charge in [-0.05, 0) is 17.2 Å². The highest BCUT2D eigenvalue weighted by atomic mass is 35.5. The molecule has 0 bridgehead atoms. The molecule has 0 radical (unpaired) electrons. The summed E-state index contributed by atoms with van der Waals surface area (Å²) in [6, 6.07) is 8.21. The predicted octanol–water partition coefficient (Wildman–Crippen LogP) is 3.20. The van der Waals surface area contributed by atoms with Crippen molar-refractivity contribution in [3.63, 3.8) is 0 Å². The number of carbonyl (C=O) groups is 1. The van der Waals surface area contributed by atoms with Crippen molar-refractivity contribution >= 4 is 23.1 Å². The maximum absolute atomic E-state index is 13.0. The van der Waals surface area contributed by atoms with Crippen molar-refractivity contribution in [1.82, 2.24) is 0 Å². The Morgan fingerprint density at radius 2 is 1.81 bits per heavy atom. The molecule has 7 heteroatoms. The van der Waals surface area contributed by atoms with Crippen molar-refractivity contribution in [1.29, 1.82) is 0 Å². The lowest BCUT2D eigenvalue weighted by molar-refractivity contribution is -0.255. The molecule has 1 aliphatic carbocycles. The molecular weight excluding hydrogens is 309 g/mol. The first-order valence-corrected chi connectivity index (χ1v) is 6.22. The third-order valence-corrected chi connectivity index (χ3v) is 3.65. The highest BCUT2D eigenvalue weighted by molar-refractivity contribution is 6.32. The SMILES string of the molecule is O=C(O)C1C=C(c2ccccc2)C=C(Cl)C1(O)C(F)(F)F. The Morgan fingerprint density at radius 1 is 1.24 bits per heavy atom. The summed E-state index contributed by atoms with van der Waals surface area (Å²) in [7, 11) is 0. The fourth-order valence-corrected chi connectivity index (χ4v) is 2.46. The van der Waals surface area contributed by atoms with Gasteiger partial charge in [-0.15, -0.1) is 0 Å². The van der Waals surface area contributed by atoms with Gasteiger partial charge in [0.1, 0.15) is 5.92 Å². The maximum atomic E-state index is 13.0. The second kappa shape index (κ2) is 5.20. The van der Waals surface area contributed by atoms with Crippen LogP contribution in [0.15, 0.2) is 47.5 Å².